The molecule has 0 radical (unpaired) electrons. The van der Waals surface area contributed by atoms with Gasteiger partial charge in [-0.25, -0.2) is 4.79 Å². The summed E-state index contributed by atoms with van der Waals surface area (Å²) in [5.41, 5.74) is 0.432. The molecule has 0 bridgehead atoms. The first-order chi connectivity index (χ1) is 14.4. The van der Waals surface area contributed by atoms with E-state index in [0.717, 1.165) is 5.56 Å². The fraction of sp³-hybridized carbons (Fsp3) is 0.455. The van der Waals surface area contributed by atoms with Crippen molar-refractivity contribution in [1.29, 1.82) is 0 Å². The molecule has 0 saturated carbocycles. The van der Waals surface area contributed by atoms with E-state index in [9.17, 15) is 9.59 Å². The van der Waals surface area contributed by atoms with Crippen LogP contribution >= 0.6 is 0 Å². The molecule has 1 saturated heterocycles. The molecule has 8 nitrogen and oxygen atoms in total. The van der Waals surface area contributed by atoms with E-state index < -0.39 is 5.63 Å². The molecule has 1 unspecified atom stereocenters. The first-order valence-electron chi connectivity index (χ1n) is 9.79. The molecule has 8 heteroatoms. The van der Waals surface area contributed by atoms with Crippen molar-refractivity contribution in [3.8, 4) is 23.0 Å². The van der Waals surface area contributed by atoms with E-state index in [2.05, 4.69) is 0 Å². The van der Waals surface area contributed by atoms with Crippen molar-refractivity contribution in [2.75, 3.05) is 34.4 Å². The molecule has 2 aromatic rings. The van der Waals surface area contributed by atoms with Crippen LogP contribution in [0.5, 0.6) is 23.0 Å². The van der Waals surface area contributed by atoms with Crippen LogP contribution in [-0.4, -0.2) is 51.3 Å². The predicted molar refractivity (Wildman–Crippen MR) is 110 cm³/mol. The molecule has 162 valence electrons. The second kappa shape index (κ2) is 9.56. The van der Waals surface area contributed by atoms with Crippen LogP contribution in [0.3, 0.4) is 0 Å². The molecular formula is C22H27NO7. The number of aryl methyl sites for hydroxylation is 2. The van der Waals surface area contributed by atoms with Gasteiger partial charge < -0.3 is 28.3 Å². The third-order valence-corrected chi connectivity index (χ3v) is 5.06. The molecule has 1 aromatic carbocycles. The van der Waals surface area contributed by atoms with Crippen LogP contribution in [0.15, 0.2) is 33.5 Å². The Morgan fingerprint density at radius 2 is 1.90 bits per heavy atom. The van der Waals surface area contributed by atoms with E-state index in [-0.39, 0.29) is 12.0 Å². The maximum Gasteiger partial charge on any atom is 0.339 e. The second-order valence-electron chi connectivity index (χ2n) is 7.08. The van der Waals surface area contributed by atoms with Gasteiger partial charge in [0.25, 0.3) is 0 Å². The zero-order valence-electron chi connectivity index (χ0n) is 17.7. The van der Waals surface area contributed by atoms with Crippen LogP contribution in [0.25, 0.3) is 0 Å². The summed E-state index contributed by atoms with van der Waals surface area (Å²) in [6.45, 7) is 2.80. The molecule has 1 amide bonds. The van der Waals surface area contributed by atoms with Gasteiger partial charge in [-0.05, 0) is 25.0 Å². The average molecular weight is 417 g/mol. The number of amides is 1. The summed E-state index contributed by atoms with van der Waals surface area (Å²) in [4.78, 5) is 26.0. The molecule has 1 atom stereocenters. The minimum absolute atomic E-state index is 0.0432. The molecular weight excluding hydrogens is 390 g/mol. The lowest BCUT2D eigenvalue weighted by molar-refractivity contribution is -0.130. The van der Waals surface area contributed by atoms with Crippen molar-refractivity contribution in [3.05, 3.63) is 46.0 Å². The van der Waals surface area contributed by atoms with Crippen LogP contribution in [0.4, 0.5) is 0 Å². The Hall–Kier alpha value is -3.16. The van der Waals surface area contributed by atoms with E-state index in [4.69, 9.17) is 23.4 Å². The van der Waals surface area contributed by atoms with Crippen molar-refractivity contribution < 1.29 is 28.2 Å². The monoisotopic (exact) mass is 417 g/mol. The Labute approximate surface area is 175 Å². The molecule has 2 heterocycles. The largest absolute Gasteiger partial charge is 0.493 e. The van der Waals surface area contributed by atoms with Gasteiger partial charge in [0.05, 0.1) is 33.9 Å². The van der Waals surface area contributed by atoms with Crippen molar-refractivity contribution in [2.24, 2.45) is 0 Å². The average Bonchev–Trinajstić information content (AvgIpc) is 3.18. The molecule has 0 spiro atoms. The third kappa shape index (κ3) is 4.87. The van der Waals surface area contributed by atoms with Gasteiger partial charge in [-0.15, -0.1) is 0 Å². The Balaban J connectivity index is 1.59. The van der Waals surface area contributed by atoms with Crippen molar-refractivity contribution >= 4 is 5.91 Å². The number of benzene rings is 1. The van der Waals surface area contributed by atoms with Crippen LogP contribution in [-0.2, 0) is 11.2 Å². The van der Waals surface area contributed by atoms with Gasteiger partial charge in [0.2, 0.25) is 11.7 Å². The second-order valence-corrected chi connectivity index (χ2v) is 7.08. The van der Waals surface area contributed by atoms with Crippen LogP contribution in [0.2, 0.25) is 0 Å². The highest BCUT2D eigenvalue weighted by Crippen LogP contribution is 2.40. The highest BCUT2D eigenvalue weighted by Gasteiger charge is 2.28. The highest BCUT2D eigenvalue weighted by molar-refractivity contribution is 5.77. The smallest absolute Gasteiger partial charge is 0.339 e. The van der Waals surface area contributed by atoms with Gasteiger partial charge in [-0.2, -0.15) is 0 Å². The SMILES string of the molecule is COc1ccc(CCC(=O)N2CCC(Oc3cc(C)oc(=O)c3)C2)c(OC)c1OC. The summed E-state index contributed by atoms with van der Waals surface area (Å²) < 4.78 is 27.0. The minimum atomic E-state index is -0.445. The molecule has 1 aliphatic rings. The zero-order chi connectivity index (χ0) is 21.7. The topological polar surface area (TPSA) is 87.4 Å². The molecule has 30 heavy (non-hydrogen) atoms. The van der Waals surface area contributed by atoms with Gasteiger partial charge in [-0.3, -0.25) is 4.79 Å². The maximum atomic E-state index is 12.7. The molecule has 1 fully saturated rings. The Bertz CT molecular complexity index is 953. The summed E-state index contributed by atoms with van der Waals surface area (Å²) in [7, 11) is 4.68. The summed E-state index contributed by atoms with van der Waals surface area (Å²) in [5.74, 6) is 2.68. The van der Waals surface area contributed by atoms with E-state index in [1.165, 1.54) is 6.07 Å². The van der Waals surface area contributed by atoms with Gasteiger partial charge in [0.1, 0.15) is 17.6 Å². The standard InChI is InChI=1S/C22H27NO7/c1-14-11-17(12-20(25)29-14)30-16-9-10-23(13-16)19(24)8-6-15-5-7-18(26-2)22(28-4)21(15)27-3/h5,7,11-12,16H,6,8-10,13H2,1-4H3. The quantitative estimate of drug-likeness (QED) is 0.652. The molecule has 0 aliphatic carbocycles. The molecule has 1 aliphatic heterocycles. The number of likely N-dealkylation sites (tertiary alicyclic amines) is 1. The number of carbonyl (C=O) groups excluding carboxylic acids is 1. The number of hydrogen-bond donors (Lipinski definition) is 0. The van der Waals surface area contributed by atoms with Crippen LogP contribution in [0, 0.1) is 6.92 Å². The van der Waals surface area contributed by atoms with Crippen molar-refractivity contribution in [2.45, 2.75) is 32.3 Å². The van der Waals surface area contributed by atoms with Crippen LogP contribution in [0.1, 0.15) is 24.2 Å². The number of ether oxygens (including phenoxy) is 4. The van der Waals surface area contributed by atoms with Gasteiger partial charge in [-0.1, -0.05) is 6.07 Å². The molecule has 1 aromatic heterocycles. The Morgan fingerprint density at radius 1 is 1.13 bits per heavy atom. The lowest BCUT2D eigenvalue weighted by Crippen LogP contribution is -2.31. The number of carbonyl (C=O) groups is 1. The Morgan fingerprint density at radius 3 is 2.57 bits per heavy atom. The van der Waals surface area contributed by atoms with E-state index in [1.807, 2.05) is 6.07 Å². The van der Waals surface area contributed by atoms with Gasteiger partial charge in [0, 0.05) is 25.5 Å². The maximum absolute atomic E-state index is 12.7. The Kier molecular flexibility index (Phi) is 6.87. The molecule has 0 N–H and O–H groups in total. The normalized spacial score (nSPS) is 15.7. The zero-order valence-corrected chi connectivity index (χ0v) is 17.7. The fourth-order valence-corrected chi connectivity index (χ4v) is 3.65. The number of methoxy groups -OCH3 is 3. The number of hydrogen-bond acceptors (Lipinski definition) is 7. The van der Waals surface area contributed by atoms with E-state index in [0.29, 0.717) is 61.1 Å². The number of nitrogens with zero attached hydrogens (tertiary/aromatic N) is 1. The first kappa shape index (κ1) is 21.5. The highest BCUT2D eigenvalue weighted by atomic mass is 16.5. The minimum Gasteiger partial charge on any atom is -0.493 e. The van der Waals surface area contributed by atoms with E-state index >= 15 is 0 Å². The summed E-state index contributed by atoms with van der Waals surface area (Å²) >= 11 is 0. The lowest BCUT2D eigenvalue weighted by atomic mass is 10.1. The third-order valence-electron chi connectivity index (χ3n) is 5.06. The van der Waals surface area contributed by atoms with E-state index in [1.54, 1.807) is 45.3 Å². The summed E-state index contributed by atoms with van der Waals surface area (Å²) in [6, 6.07) is 6.68. The summed E-state index contributed by atoms with van der Waals surface area (Å²) in [5, 5.41) is 0. The number of rotatable bonds is 8. The van der Waals surface area contributed by atoms with Gasteiger partial charge in [0.15, 0.2) is 11.5 Å². The van der Waals surface area contributed by atoms with Crippen molar-refractivity contribution in [3.63, 3.8) is 0 Å². The van der Waals surface area contributed by atoms with Crippen molar-refractivity contribution in [1.82, 2.24) is 4.90 Å². The first-order valence-corrected chi connectivity index (χ1v) is 9.79. The summed E-state index contributed by atoms with van der Waals surface area (Å²) in [6.07, 6.45) is 1.42. The predicted octanol–water partition coefficient (Wildman–Crippen LogP) is 2.59. The van der Waals surface area contributed by atoms with Gasteiger partial charge >= 0.3 is 5.63 Å². The molecule has 3 rings (SSSR count). The van der Waals surface area contributed by atoms with Crippen LogP contribution < -0.4 is 24.6 Å². The lowest BCUT2D eigenvalue weighted by Gasteiger charge is -2.18. The fourth-order valence-electron chi connectivity index (χ4n) is 3.65.